The van der Waals surface area contributed by atoms with Crippen molar-refractivity contribution in [2.45, 2.75) is 45.6 Å². The Balaban J connectivity index is 2.09. The Morgan fingerprint density at radius 1 is 1.25 bits per heavy atom. The van der Waals surface area contributed by atoms with E-state index in [1.165, 1.54) is 18.9 Å². The van der Waals surface area contributed by atoms with Gasteiger partial charge in [-0.3, -0.25) is 16.0 Å². The highest BCUT2D eigenvalue weighted by atomic mass is 16.6. The van der Waals surface area contributed by atoms with Crippen molar-refractivity contribution in [2.24, 2.45) is 11.3 Å². The van der Waals surface area contributed by atoms with Crippen molar-refractivity contribution in [1.82, 2.24) is 0 Å². The van der Waals surface area contributed by atoms with Crippen LogP contribution in [-0.4, -0.2) is 11.0 Å². The van der Waals surface area contributed by atoms with Gasteiger partial charge in [0.15, 0.2) is 0 Å². The van der Waals surface area contributed by atoms with Crippen LogP contribution in [0, 0.1) is 15.5 Å². The van der Waals surface area contributed by atoms with Gasteiger partial charge in [0.05, 0.1) is 10.6 Å². The minimum atomic E-state index is -0.407. The van der Waals surface area contributed by atoms with Gasteiger partial charge in [-0.15, -0.1) is 0 Å². The first-order valence-electron chi connectivity index (χ1n) is 6.92. The van der Waals surface area contributed by atoms with Gasteiger partial charge in [0, 0.05) is 23.9 Å². The van der Waals surface area contributed by atoms with E-state index in [1.54, 1.807) is 12.1 Å². The van der Waals surface area contributed by atoms with Crippen molar-refractivity contribution in [1.29, 1.82) is 0 Å². The summed E-state index contributed by atoms with van der Waals surface area (Å²) in [6.07, 6.45) is 4.51. The third-order valence-corrected chi connectivity index (χ3v) is 4.01. The van der Waals surface area contributed by atoms with Crippen LogP contribution in [0.25, 0.3) is 0 Å². The molecule has 0 aromatic heterocycles. The van der Waals surface area contributed by atoms with E-state index in [1.807, 2.05) is 0 Å². The second kappa shape index (κ2) is 5.66. The lowest BCUT2D eigenvalue weighted by atomic mass is 9.75. The van der Waals surface area contributed by atoms with Crippen LogP contribution >= 0.6 is 0 Å². The number of non-ortho nitro benzene ring substituents is 1. The number of rotatable bonds is 4. The van der Waals surface area contributed by atoms with Crippen LogP contribution in [0.4, 0.5) is 17.1 Å². The quantitative estimate of drug-likeness (QED) is 0.446. The number of anilines is 2. The molecule has 0 radical (unpaired) electrons. The van der Waals surface area contributed by atoms with Crippen molar-refractivity contribution < 1.29 is 4.92 Å². The maximum atomic E-state index is 10.9. The number of nitrogen functional groups attached to an aromatic ring is 1. The van der Waals surface area contributed by atoms with Crippen LogP contribution in [0.5, 0.6) is 0 Å². The number of hydrazine groups is 1. The molecule has 6 heteroatoms. The van der Waals surface area contributed by atoms with E-state index in [9.17, 15) is 10.1 Å². The third kappa shape index (κ3) is 3.60. The number of benzene rings is 1. The van der Waals surface area contributed by atoms with E-state index in [0.717, 1.165) is 18.5 Å². The van der Waals surface area contributed by atoms with E-state index in [2.05, 4.69) is 24.6 Å². The van der Waals surface area contributed by atoms with E-state index in [4.69, 9.17) is 5.84 Å². The highest BCUT2D eigenvalue weighted by Gasteiger charge is 2.26. The molecule has 1 aliphatic rings. The highest BCUT2D eigenvalue weighted by Crippen LogP contribution is 2.36. The zero-order valence-corrected chi connectivity index (χ0v) is 12.0. The summed E-state index contributed by atoms with van der Waals surface area (Å²) in [6.45, 7) is 4.57. The Labute approximate surface area is 118 Å². The molecule has 0 amide bonds. The fraction of sp³-hybridized carbons (Fsp3) is 0.571. The first-order valence-corrected chi connectivity index (χ1v) is 6.92. The summed E-state index contributed by atoms with van der Waals surface area (Å²) in [4.78, 5) is 10.5. The third-order valence-electron chi connectivity index (χ3n) is 4.01. The number of nitrogens with one attached hydrogen (secondary N) is 2. The van der Waals surface area contributed by atoms with Gasteiger partial charge < -0.3 is 10.7 Å². The minimum absolute atomic E-state index is 0.0408. The van der Waals surface area contributed by atoms with Crippen molar-refractivity contribution in [3.8, 4) is 0 Å². The predicted octanol–water partition coefficient (Wildman–Crippen LogP) is 3.26. The number of nitro groups is 1. The fourth-order valence-corrected chi connectivity index (χ4v) is 2.66. The van der Waals surface area contributed by atoms with Gasteiger partial charge in [0.25, 0.3) is 5.69 Å². The molecule has 6 nitrogen and oxygen atoms in total. The molecule has 1 saturated carbocycles. The average Bonchev–Trinajstić information content (AvgIpc) is 2.41. The number of nitrogens with zero attached hydrogens (tertiary/aromatic N) is 1. The van der Waals surface area contributed by atoms with Crippen molar-refractivity contribution in [3.63, 3.8) is 0 Å². The van der Waals surface area contributed by atoms with Gasteiger partial charge in [-0.25, -0.2) is 0 Å². The number of hydrogen-bond donors (Lipinski definition) is 3. The molecular weight excluding hydrogens is 256 g/mol. The van der Waals surface area contributed by atoms with Crippen molar-refractivity contribution in [2.75, 3.05) is 10.7 Å². The summed E-state index contributed by atoms with van der Waals surface area (Å²) in [7, 11) is 0. The molecule has 0 unspecified atom stereocenters. The normalized spacial score (nSPS) is 18.6. The number of nitro benzene ring substituents is 1. The van der Waals surface area contributed by atoms with Crippen LogP contribution in [0.2, 0.25) is 0 Å². The maximum absolute atomic E-state index is 10.9. The zero-order chi connectivity index (χ0) is 14.8. The first-order chi connectivity index (χ1) is 9.39. The Kier molecular flexibility index (Phi) is 4.13. The molecule has 0 aliphatic heterocycles. The van der Waals surface area contributed by atoms with E-state index in [0.29, 0.717) is 17.1 Å². The standard InChI is InChI=1S/C14H22N4O2/c1-14(2)5-3-10(4-6-14)16-11-7-12(17-15)9-13(8-11)18(19)20/h7-10,16-17H,3-6,15H2,1-2H3. The van der Waals surface area contributed by atoms with Crippen molar-refractivity contribution in [3.05, 3.63) is 28.3 Å². The SMILES string of the molecule is CC1(C)CCC(Nc2cc(NN)cc([N+](=O)[O-])c2)CC1. The number of hydrogen-bond acceptors (Lipinski definition) is 5. The molecule has 110 valence electrons. The van der Waals surface area contributed by atoms with Gasteiger partial charge in [-0.2, -0.15) is 0 Å². The Hall–Kier alpha value is -1.82. The largest absolute Gasteiger partial charge is 0.382 e. The van der Waals surface area contributed by atoms with E-state index >= 15 is 0 Å². The van der Waals surface area contributed by atoms with Gasteiger partial charge in [0.1, 0.15) is 0 Å². The number of nitrogens with two attached hydrogens (primary N) is 1. The molecule has 1 aromatic carbocycles. The van der Waals surface area contributed by atoms with Gasteiger partial charge in [0.2, 0.25) is 0 Å². The fourth-order valence-electron chi connectivity index (χ4n) is 2.66. The molecule has 1 aliphatic carbocycles. The predicted molar refractivity (Wildman–Crippen MR) is 80.6 cm³/mol. The molecule has 0 heterocycles. The summed E-state index contributed by atoms with van der Waals surface area (Å²) in [6, 6.07) is 5.15. The molecule has 1 aromatic rings. The molecule has 0 saturated heterocycles. The monoisotopic (exact) mass is 278 g/mol. The molecule has 4 N–H and O–H groups in total. The lowest BCUT2D eigenvalue weighted by Crippen LogP contribution is -2.29. The summed E-state index contributed by atoms with van der Waals surface area (Å²) >= 11 is 0. The Morgan fingerprint density at radius 2 is 1.85 bits per heavy atom. The molecule has 2 rings (SSSR count). The lowest BCUT2D eigenvalue weighted by molar-refractivity contribution is -0.384. The second-order valence-corrected chi connectivity index (χ2v) is 6.25. The Morgan fingerprint density at radius 3 is 2.40 bits per heavy atom. The highest BCUT2D eigenvalue weighted by molar-refractivity contribution is 5.63. The average molecular weight is 278 g/mol. The maximum Gasteiger partial charge on any atom is 0.273 e. The lowest BCUT2D eigenvalue weighted by Gasteiger charge is -2.35. The van der Waals surface area contributed by atoms with E-state index < -0.39 is 4.92 Å². The van der Waals surface area contributed by atoms with Gasteiger partial charge >= 0.3 is 0 Å². The molecule has 0 spiro atoms. The van der Waals surface area contributed by atoms with E-state index in [-0.39, 0.29) is 5.69 Å². The Bertz CT molecular complexity index is 492. The van der Waals surface area contributed by atoms with Crippen molar-refractivity contribution >= 4 is 17.1 Å². The minimum Gasteiger partial charge on any atom is -0.382 e. The molecule has 0 atom stereocenters. The summed E-state index contributed by atoms with van der Waals surface area (Å²) < 4.78 is 0. The zero-order valence-electron chi connectivity index (χ0n) is 12.0. The van der Waals surface area contributed by atoms with Crippen LogP contribution in [-0.2, 0) is 0 Å². The summed E-state index contributed by atoms with van der Waals surface area (Å²) in [5, 5.41) is 14.3. The van der Waals surface area contributed by atoms with Crippen LogP contribution in [0.1, 0.15) is 39.5 Å². The molecule has 0 bridgehead atoms. The van der Waals surface area contributed by atoms with Gasteiger partial charge in [-0.05, 0) is 37.2 Å². The second-order valence-electron chi connectivity index (χ2n) is 6.25. The summed E-state index contributed by atoms with van der Waals surface area (Å²) in [5.74, 6) is 5.36. The van der Waals surface area contributed by atoms with Crippen LogP contribution in [0.15, 0.2) is 18.2 Å². The molecular formula is C14H22N4O2. The smallest absolute Gasteiger partial charge is 0.273 e. The van der Waals surface area contributed by atoms with Crippen LogP contribution < -0.4 is 16.6 Å². The molecule has 20 heavy (non-hydrogen) atoms. The van der Waals surface area contributed by atoms with Crippen LogP contribution in [0.3, 0.4) is 0 Å². The van der Waals surface area contributed by atoms with Gasteiger partial charge in [-0.1, -0.05) is 13.8 Å². The molecule has 1 fully saturated rings. The topological polar surface area (TPSA) is 93.2 Å². The summed E-state index contributed by atoms with van der Waals surface area (Å²) in [5.41, 5.74) is 4.20. The first kappa shape index (κ1) is 14.6.